The first kappa shape index (κ1) is 17.6. The predicted molar refractivity (Wildman–Crippen MR) is 99.7 cm³/mol. The fourth-order valence-electron chi connectivity index (χ4n) is 4.09. The van der Waals surface area contributed by atoms with Crippen molar-refractivity contribution in [1.29, 1.82) is 0 Å². The van der Waals surface area contributed by atoms with E-state index in [1.54, 1.807) is 24.5 Å². The molecular formula is C21H22FN3O2. The first-order chi connectivity index (χ1) is 13.1. The van der Waals surface area contributed by atoms with Crippen LogP contribution in [0.4, 0.5) is 10.1 Å². The number of nitrogens with zero attached hydrogens (tertiary/aromatic N) is 3. The molecule has 4 rings (SSSR count). The average Bonchev–Trinajstić information content (AvgIpc) is 3.10. The number of carbonyl (C=O) groups is 2. The van der Waals surface area contributed by atoms with E-state index in [2.05, 4.69) is 4.98 Å². The average molecular weight is 367 g/mol. The maximum absolute atomic E-state index is 13.5. The van der Waals surface area contributed by atoms with Crippen LogP contribution >= 0.6 is 0 Å². The van der Waals surface area contributed by atoms with Gasteiger partial charge in [-0.1, -0.05) is 6.07 Å². The van der Waals surface area contributed by atoms with Crippen molar-refractivity contribution >= 4 is 17.5 Å². The van der Waals surface area contributed by atoms with Crippen LogP contribution in [0.25, 0.3) is 0 Å². The molecule has 0 N–H and O–H groups in total. The number of pyridine rings is 1. The van der Waals surface area contributed by atoms with E-state index in [0.29, 0.717) is 31.2 Å². The smallest absolute Gasteiger partial charge is 0.228 e. The van der Waals surface area contributed by atoms with Gasteiger partial charge in [0.2, 0.25) is 11.8 Å². The molecule has 2 saturated heterocycles. The first-order valence-electron chi connectivity index (χ1n) is 9.36. The van der Waals surface area contributed by atoms with E-state index in [0.717, 1.165) is 12.8 Å². The molecule has 0 unspecified atom stereocenters. The fourth-order valence-corrected chi connectivity index (χ4v) is 4.09. The number of halogens is 1. The van der Waals surface area contributed by atoms with Gasteiger partial charge in [0.1, 0.15) is 5.82 Å². The van der Waals surface area contributed by atoms with Crippen LogP contribution in [0.2, 0.25) is 0 Å². The van der Waals surface area contributed by atoms with Gasteiger partial charge in [0.25, 0.3) is 0 Å². The van der Waals surface area contributed by atoms with Gasteiger partial charge in [0, 0.05) is 44.1 Å². The largest absolute Gasteiger partial charge is 0.342 e. The van der Waals surface area contributed by atoms with Crippen molar-refractivity contribution in [2.75, 3.05) is 24.5 Å². The van der Waals surface area contributed by atoms with Gasteiger partial charge in [-0.15, -0.1) is 0 Å². The van der Waals surface area contributed by atoms with E-state index in [9.17, 15) is 14.0 Å². The number of hydrogen-bond donors (Lipinski definition) is 0. The highest BCUT2D eigenvalue weighted by molar-refractivity contribution is 6.00. The number of piperidine rings is 1. The third-order valence-corrected chi connectivity index (χ3v) is 5.58. The molecule has 0 radical (unpaired) electrons. The normalized spacial score (nSPS) is 20.9. The summed E-state index contributed by atoms with van der Waals surface area (Å²) in [6, 6.07) is 10.0. The Morgan fingerprint density at radius 1 is 1.11 bits per heavy atom. The van der Waals surface area contributed by atoms with Crippen LogP contribution in [-0.2, 0) is 9.59 Å². The Labute approximate surface area is 157 Å². The lowest BCUT2D eigenvalue weighted by Gasteiger charge is -2.33. The summed E-state index contributed by atoms with van der Waals surface area (Å²) in [5.74, 6) is -0.362. The summed E-state index contributed by atoms with van der Waals surface area (Å²) < 4.78 is 13.5. The lowest BCUT2D eigenvalue weighted by atomic mass is 9.89. The molecule has 2 aromatic rings. The van der Waals surface area contributed by atoms with E-state index in [1.807, 2.05) is 17.0 Å². The molecule has 140 valence electrons. The van der Waals surface area contributed by atoms with Gasteiger partial charge in [0.05, 0.1) is 5.92 Å². The zero-order valence-electron chi connectivity index (χ0n) is 15.1. The van der Waals surface area contributed by atoms with Gasteiger partial charge < -0.3 is 9.80 Å². The third-order valence-electron chi connectivity index (χ3n) is 5.58. The molecular weight excluding hydrogens is 345 g/mol. The molecule has 6 heteroatoms. The maximum Gasteiger partial charge on any atom is 0.228 e. The first-order valence-corrected chi connectivity index (χ1v) is 9.36. The molecule has 3 heterocycles. The summed E-state index contributed by atoms with van der Waals surface area (Å²) in [6.45, 7) is 1.73. The number of carbonyl (C=O) groups excluding carboxylic acids is 2. The highest BCUT2D eigenvalue weighted by Gasteiger charge is 2.38. The number of amides is 2. The number of rotatable bonds is 3. The Bertz CT molecular complexity index is 834. The van der Waals surface area contributed by atoms with E-state index >= 15 is 0 Å². The zero-order chi connectivity index (χ0) is 18.8. The van der Waals surface area contributed by atoms with Gasteiger partial charge in [-0.25, -0.2) is 4.39 Å². The monoisotopic (exact) mass is 367 g/mol. The molecule has 5 nitrogen and oxygen atoms in total. The van der Waals surface area contributed by atoms with Crippen LogP contribution in [0.5, 0.6) is 0 Å². The summed E-state index contributed by atoms with van der Waals surface area (Å²) in [7, 11) is 0. The second-order valence-corrected chi connectivity index (χ2v) is 7.27. The molecule has 1 aromatic heterocycles. The van der Waals surface area contributed by atoms with Crippen molar-refractivity contribution in [1.82, 2.24) is 9.88 Å². The van der Waals surface area contributed by atoms with Crippen LogP contribution in [-0.4, -0.2) is 41.3 Å². The van der Waals surface area contributed by atoms with Gasteiger partial charge in [-0.3, -0.25) is 14.6 Å². The minimum Gasteiger partial charge on any atom is -0.342 e. The number of aromatic nitrogens is 1. The second kappa shape index (κ2) is 7.47. The number of likely N-dealkylation sites (tertiary alicyclic amines) is 1. The Hall–Kier alpha value is -2.76. The molecule has 2 aliphatic heterocycles. The van der Waals surface area contributed by atoms with Crippen molar-refractivity contribution in [3.63, 3.8) is 0 Å². The van der Waals surface area contributed by atoms with Crippen molar-refractivity contribution in [2.45, 2.75) is 25.2 Å². The number of hydrogen-bond acceptors (Lipinski definition) is 3. The maximum atomic E-state index is 13.5. The highest BCUT2D eigenvalue weighted by atomic mass is 19.1. The molecule has 2 amide bonds. The molecule has 2 fully saturated rings. The van der Waals surface area contributed by atoms with Crippen LogP contribution in [0.15, 0.2) is 48.8 Å². The summed E-state index contributed by atoms with van der Waals surface area (Å²) in [6.07, 6.45) is 5.64. The minimum absolute atomic E-state index is 0.0374. The van der Waals surface area contributed by atoms with Crippen LogP contribution in [0.3, 0.4) is 0 Å². The van der Waals surface area contributed by atoms with Crippen LogP contribution in [0.1, 0.15) is 30.7 Å². The van der Waals surface area contributed by atoms with Gasteiger partial charge in [-0.05, 0) is 54.7 Å². The summed E-state index contributed by atoms with van der Waals surface area (Å²) in [5, 5.41) is 0. The number of anilines is 1. The Morgan fingerprint density at radius 2 is 1.85 bits per heavy atom. The predicted octanol–water partition coefficient (Wildman–Crippen LogP) is 2.98. The van der Waals surface area contributed by atoms with E-state index in [-0.39, 0.29) is 30.0 Å². The Balaban J connectivity index is 1.37. The molecule has 1 atom stereocenters. The van der Waals surface area contributed by atoms with Gasteiger partial charge in [-0.2, -0.15) is 0 Å². The van der Waals surface area contributed by atoms with Crippen molar-refractivity contribution in [3.05, 3.63) is 60.2 Å². The standard InChI is InChI=1S/C21H22FN3O2/c22-18-2-1-3-19(13-18)25-14-17(12-20(25)26)21(27)24-10-6-16(7-11-24)15-4-8-23-9-5-15/h1-5,8-9,13,16-17H,6-7,10-12,14H2/t17-/m0/s1. The minimum atomic E-state index is -0.381. The third kappa shape index (κ3) is 3.70. The van der Waals surface area contributed by atoms with E-state index in [1.165, 1.54) is 22.6 Å². The van der Waals surface area contributed by atoms with Gasteiger partial charge >= 0.3 is 0 Å². The molecule has 1 aromatic carbocycles. The molecule has 2 aliphatic rings. The summed E-state index contributed by atoms with van der Waals surface area (Å²) >= 11 is 0. The Morgan fingerprint density at radius 3 is 2.56 bits per heavy atom. The second-order valence-electron chi connectivity index (χ2n) is 7.27. The van der Waals surface area contributed by atoms with E-state index < -0.39 is 0 Å². The van der Waals surface area contributed by atoms with Crippen molar-refractivity contribution < 1.29 is 14.0 Å². The number of benzene rings is 1. The molecule has 0 saturated carbocycles. The summed E-state index contributed by atoms with van der Waals surface area (Å²) in [5.41, 5.74) is 1.79. The molecule has 0 bridgehead atoms. The van der Waals surface area contributed by atoms with E-state index in [4.69, 9.17) is 0 Å². The molecule has 27 heavy (non-hydrogen) atoms. The zero-order valence-corrected chi connectivity index (χ0v) is 15.1. The highest BCUT2D eigenvalue weighted by Crippen LogP contribution is 2.31. The fraction of sp³-hybridized carbons (Fsp3) is 0.381. The molecule has 0 aliphatic carbocycles. The van der Waals surface area contributed by atoms with Crippen LogP contribution < -0.4 is 4.90 Å². The molecule has 0 spiro atoms. The lowest BCUT2D eigenvalue weighted by Crippen LogP contribution is -2.42. The topological polar surface area (TPSA) is 53.5 Å². The quantitative estimate of drug-likeness (QED) is 0.838. The van der Waals surface area contributed by atoms with Gasteiger partial charge in [0.15, 0.2) is 0 Å². The SMILES string of the molecule is O=C([C@H]1CC(=O)N(c2cccc(F)c2)C1)N1CCC(c2ccncc2)CC1. The van der Waals surface area contributed by atoms with Crippen molar-refractivity contribution in [2.24, 2.45) is 5.92 Å². The van der Waals surface area contributed by atoms with Crippen LogP contribution in [0, 0.1) is 11.7 Å². The summed E-state index contributed by atoms with van der Waals surface area (Å²) in [4.78, 5) is 32.7. The lowest BCUT2D eigenvalue weighted by molar-refractivity contribution is -0.136. The van der Waals surface area contributed by atoms with Crippen molar-refractivity contribution in [3.8, 4) is 0 Å². The Kier molecular flexibility index (Phi) is 4.88.